The van der Waals surface area contributed by atoms with Crippen molar-refractivity contribution < 1.29 is 9.50 Å². The van der Waals surface area contributed by atoms with Crippen LogP contribution < -0.4 is 0 Å². The second kappa shape index (κ2) is 3.76. The minimum absolute atomic E-state index is 0.322. The number of halogens is 2. The highest BCUT2D eigenvalue weighted by atomic mass is 35.5. The van der Waals surface area contributed by atoms with Crippen LogP contribution in [0.2, 0.25) is 5.02 Å². The molecule has 1 fully saturated rings. The van der Waals surface area contributed by atoms with Gasteiger partial charge in [0.25, 0.3) is 0 Å². The Morgan fingerprint density at radius 1 is 1.53 bits per heavy atom. The van der Waals surface area contributed by atoms with Gasteiger partial charge in [-0.05, 0) is 30.9 Å². The molecule has 0 spiro atoms. The predicted octanol–water partition coefficient (Wildman–Crippen LogP) is 3.18. The number of hydrogen-bond acceptors (Lipinski definition) is 1. The molecule has 1 saturated carbocycles. The summed E-state index contributed by atoms with van der Waals surface area (Å²) >= 11 is 5.90. The van der Waals surface area contributed by atoms with Gasteiger partial charge in [0.05, 0.1) is 5.60 Å². The molecule has 1 aromatic carbocycles. The SMILES string of the molecule is CC1CC(O)(Cc2c(F)cccc2Cl)C1. The third kappa shape index (κ3) is 2.16. The van der Waals surface area contributed by atoms with Gasteiger partial charge in [0.15, 0.2) is 0 Å². The van der Waals surface area contributed by atoms with E-state index in [4.69, 9.17) is 11.6 Å². The Morgan fingerprint density at radius 2 is 2.20 bits per heavy atom. The summed E-state index contributed by atoms with van der Waals surface area (Å²) in [5, 5.41) is 10.5. The molecule has 0 bridgehead atoms. The molecule has 1 aromatic rings. The van der Waals surface area contributed by atoms with Crippen LogP contribution in [-0.4, -0.2) is 10.7 Å². The first-order valence-corrected chi connectivity index (χ1v) is 5.53. The van der Waals surface area contributed by atoms with Crippen LogP contribution in [0.5, 0.6) is 0 Å². The molecule has 0 amide bonds. The zero-order chi connectivity index (χ0) is 11.1. The smallest absolute Gasteiger partial charge is 0.127 e. The molecule has 1 aliphatic rings. The molecule has 82 valence electrons. The average molecular weight is 229 g/mol. The van der Waals surface area contributed by atoms with E-state index in [0.717, 1.165) is 12.8 Å². The zero-order valence-electron chi connectivity index (χ0n) is 8.63. The Hall–Kier alpha value is -0.600. The number of benzene rings is 1. The lowest BCUT2D eigenvalue weighted by molar-refractivity contribution is -0.0670. The number of aliphatic hydroxyl groups is 1. The molecule has 0 aromatic heterocycles. The van der Waals surface area contributed by atoms with E-state index in [1.54, 1.807) is 12.1 Å². The van der Waals surface area contributed by atoms with E-state index in [1.165, 1.54) is 6.07 Å². The summed E-state index contributed by atoms with van der Waals surface area (Å²) in [6.07, 6.45) is 1.79. The third-order valence-corrected chi connectivity index (χ3v) is 3.38. The first-order chi connectivity index (χ1) is 7.00. The lowest BCUT2D eigenvalue weighted by Gasteiger charge is -2.42. The van der Waals surface area contributed by atoms with Gasteiger partial charge in [-0.25, -0.2) is 4.39 Å². The van der Waals surface area contributed by atoms with Gasteiger partial charge in [-0.2, -0.15) is 0 Å². The molecule has 0 aliphatic heterocycles. The highest BCUT2D eigenvalue weighted by molar-refractivity contribution is 6.31. The zero-order valence-corrected chi connectivity index (χ0v) is 9.39. The second-order valence-electron chi connectivity index (χ2n) is 4.61. The van der Waals surface area contributed by atoms with E-state index in [2.05, 4.69) is 6.92 Å². The van der Waals surface area contributed by atoms with E-state index in [-0.39, 0.29) is 5.82 Å². The first-order valence-electron chi connectivity index (χ1n) is 5.15. The average Bonchev–Trinajstić information content (AvgIpc) is 2.09. The molecule has 0 atom stereocenters. The lowest BCUT2D eigenvalue weighted by Crippen LogP contribution is -2.44. The van der Waals surface area contributed by atoms with E-state index < -0.39 is 5.60 Å². The van der Waals surface area contributed by atoms with Gasteiger partial charge in [0, 0.05) is 17.0 Å². The van der Waals surface area contributed by atoms with Crippen LogP contribution in [0.1, 0.15) is 25.3 Å². The second-order valence-corrected chi connectivity index (χ2v) is 5.02. The molecule has 0 radical (unpaired) electrons. The van der Waals surface area contributed by atoms with Crippen LogP contribution in [0.15, 0.2) is 18.2 Å². The summed E-state index contributed by atoms with van der Waals surface area (Å²) in [5.41, 5.74) is -0.306. The van der Waals surface area contributed by atoms with Crippen LogP contribution in [0.25, 0.3) is 0 Å². The molecule has 3 heteroatoms. The van der Waals surface area contributed by atoms with Gasteiger partial charge in [-0.1, -0.05) is 24.6 Å². The van der Waals surface area contributed by atoms with Crippen LogP contribution >= 0.6 is 11.6 Å². The van der Waals surface area contributed by atoms with Gasteiger partial charge in [0.2, 0.25) is 0 Å². The van der Waals surface area contributed by atoms with Crippen molar-refractivity contribution in [1.29, 1.82) is 0 Å². The highest BCUT2D eigenvalue weighted by Crippen LogP contribution is 2.41. The van der Waals surface area contributed by atoms with Crippen LogP contribution in [0.3, 0.4) is 0 Å². The van der Waals surface area contributed by atoms with Gasteiger partial charge >= 0.3 is 0 Å². The largest absolute Gasteiger partial charge is 0.390 e. The molecule has 2 rings (SSSR count). The van der Waals surface area contributed by atoms with E-state index in [1.807, 2.05) is 0 Å². The van der Waals surface area contributed by atoms with Crippen LogP contribution in [0, 0.1) is 11.7 Å². The van der Waals surface area contributed by atoms with Crippen LogP contribution in [0.4, 0.5) is 4.39 Å². The maximum Gasteiger partial charge on any atom is 0.127 e. The maximum atomic E-state index is 13.4. The highest BCUT2D eigenvalue weighted by Gasteiger charge is 2.40. The van der Waals surface area contributed by atoms with Crippen molar-refractivity contribution in [1.82, 2.24) is 0 Å². The van der Waals surface area contributed by atoms with Gasteiger partial charge in [-0.15, -0.1) is 0 Å². The van der Waals surface area contributed by atoms with Crippen molar-refractivity contribution in [2.75, 3.05) is 0 Å². The molecule has 0 heterocycles. The van der Waals surface area contributed by atoms with E-state index in [0.29, 0.717) is 22.9 Å². The van der Waals surface area contributed by atoms with Gasteiger partial charge in [0.1, 0.15) is 5.82 Å². The van der Waals surface area contributed by atoms with Crippen molar-refractivity contribution in [3.05, 3.63) is 34.6 Å². The molecule has 1 nitrogen and oxygen atoms in total. The fourth-order valence-corrected chi connectivity index (χ4v) is 2.64. The summed E-state index contributed by atoms with van der Waals surface area (Å²) in [6.45, 7) is 2.08. The Morgan fingerprint density at radius 3 is 2.73 bits per heavy atom. The molecule has 15 heavy (non-hydrogen) atoms. The first kappa shape index (κ1) is 10.9. The Kier molecular flexibility index (Phi) is 2.73. The standard InChI is InChI=1S/C12H14ClFO/c1-8-5-12(15,6-8)7-9-10(13)3-2-4-11(9)14/h2-4,8,15H,5-7H2,1H3. The van der Waals surface area contributed by atoms with E-state index in [9.17, 15) is 9.50 Å². The minimum atomic E-state index is -0.745. The lowest BCUT2D eigenvalue weighted by atomic mass is 9.69. The number of hydrogen-bond donors (Lipinski definition) is 1. The van der Waals surface area contributed by atoms with Crippen molar-refractivity contribution in [2.24, 2.45) is 5.92 Å². The van der Waals surface area contributed by atoms with Crippen LogP contribution in [-0.2, 0) is 6.42 Å². The molecular formula is C12H14ClFO. The van der Waals surface area contributed by atoms with Gasteiger partial charge < -0.3 is 5.11 Å². The van der Waals surface area contributed by atoms with Crippen molar-refractivity contribution in [3.8, 4) is 0 Å². The summed E-state index contributed by atoms with van der Waals surface area (Å²) in [5.74, 6) is 0.205. The summed E-state index contributed by atoms with van der Waals surface area (Å²) in [6, 6.07) is 4.62. The summed E-state index contributed by atoms with van der Waals surface area (Å²) in [7, 11) is 0. The van der Waals surface area contributed by atoms with Crippen molar-refractivity contribution in [2.45, 2.75) is 31.8 Å². The normalized spacial score (nSPS) is 30.0. The molecule has 0 saturated heterocycles. The van der Waals surface area contributed by atoms with Crippen molar-refractivity contribution >= 4 is 11.6 Å². The molecule has 1 N–H and O–H groups in total. The monoisotopic (exact) mass is 228 g/mol. The number of rotatable bonds is 2. The van der Waals surface area contributed by atoms with E-state index >= 15 is 0 Å². The summed E-state index contributed by atoms with van der Waals surface area (Å²) < 4.78 is 13.4. The topological polar surface area (TPSA) is 20.2 Å². The maximum absolute atomic E-state index is 13.4. The fraction of sp³-hybridized carbons (Fsp3) is 0.500. The Labute approximate surface area is 93.9 Å². The predicted molar refractivity (Wildman–Crippen MR) is 58.5 cm³/mol. The fourth-order valence-electron chi connectivity index (χ4n) is 2.41. The Bertz CT molecular complexity index is 352. The van der Waals surface area contributed by atoms with Crippen molar-refractivity contribution in [3.63, 3.8) is 0 Å². The Balaban J connectivity index is 2.18. The third-order valence-electron chi connectivity index (χ3n) is 3.02. The minimum Gasteiger partial charge on any atom is -0.390 e. The molecule has 1 aliphatic carbocycles. The molecule has 0 unspecified atom stereocenters. The summed E-state index contributed by atoms with van der Waals surface area (Å²) in [4.78, 5) is 0. The molecular weight excluding hydrogens is 215 g/mol. The quantitative estimate of drug-likeness (QED) is 0.824. The van der Waals surface area contributed by atoms with Gasteiger partial charge in [-0.3, -0.25) is 0 Å².